The number of sulfonamides is 1. The van der Waals surface area contributed by atoms with Gasteiger partial charge in [0, 0.05) is 32.2 Å². The molecule has 1 aromatic carbocycles. The Balaban J connectivity index is 2.42. The van der Waals surface area contributed by atoms with Crippen LogP contribution >= 0.6 is 0 Å². The summed E-state index contributed by atoms with van der Waals surface area (Å²) in [5.74, 6) is 0. The van der Waals surface area contributed by atoms with Crippen LogP contribution in [0.25, 0.3) is 0 Å². The van der Waals surface area contributed by atoms with E-state index in [0.717, 1.165) is 23.2 Å². The largest absolute Gasteiger partial charge is 0.326 e. The second-order valence-corrected chi connectivity index (χ2v) is 7.84. The maximum atomic E-state index is 12.9. The number of benzene rings is 1. The summed E-state index contributed by atoms with van der Waals surface area (Å²) in [6.45, 7) is 8.02. The van der Waals surface area contributed by atoms with Gasteiger partial charge in [-0.1, -0.05) is 6.07 Å². The molecule has 118 valence electrons. The highest BCUT2D eigenvalue weighted by molar-refractivity contribution is 7.89. The number of piperazine rings is 1. The van der Waals surface area contributed by atoms with Crippen molar-refractivity contribution in [2.24, 2.45) is 5.73 Å². The van der Waals surface area contributed by atoms with Crippen molar-refractivity contribution >= 4 is 10.0 Å². The first-order valence-electron chi connectivity index (χ1n) is 7.28. The van der Waals surface area contributed by atoms with E-state index in [0.29, 0.717) is 24.5 Å². The van der Waals surface area contributed by atoms with Crippen LogP contribution < -0.4 is 5.73 Å². The summed E-state index contributed by atoms with van der Waals surface area (Å²) in [6, 6.07) is 3.91. The lowest BCUT2D eigenvalue weighted by atomic mass is 10.1. The Labute approximate surface area is 127 Å². The molecule has 2 rings (SSSR count). The standard InChI is InChI=1S/C15H25N3O2S/c1-11-7-14(9-16)8-15(13(11)3)21(19,20)18-6-5-17(4)12(2)10-18/h7-8,12H,5-6,9-10,16H2,1-4H3. The summed E-state index contributed by atoms with van der Waals surface area (Å²) in [5, 5.41) is 0. The zero-order chi connectivity index (χ0) is 15.8. The van der Waals surface area contributed by atoms with Crippen LogP contribution in [0.2, 0.25) is 0 Å². The van der Waals surface area contributed by atoms with Crippen molar-refractivity contribution in [3.8, 4) is 0 Å². The van der Waals surface area contributed by atoms with E-state index in [1.807, 2.05) is 27.0 Å². The van der Waals surface area contributed by atoms with Gasteiger partial charge in [0.25, 0.3) is 0 Å². The van der Waals surface area contributed by atoms with Crippen molar-refractivity contribution < 1.29 is 8.42 Å². The van der Waals surface area contributed by atoms with Crippen molar-refractivity contribution in [3.63, 3.8) is 0 Å². The third kappa shape index (κ3) is 3.13. The fourth-order valence-corrected chi connectivity index (χ4v) is 4.52. The third-order valence-corrected chi connectivity index (χ3v) is 6.45. The Bertz CT molecular complexity index is 628. The zero-order valence-corrected chi connectivity index (χ0v) is 14.1. The third-order valence-electron chi connectivity index (χ3n) is 4.46. The summed E-state index contributed by atoms with van der Waals surface area (Å²) in [6.07, 6.45) is 0. The summed E-state index contributed by atoms with van der Waals surface area (Å²) in [7, 11) is -1.43. The first kappa shape index (κ1) is 16.4. The lowest BCUT2D eigenvalue weighted by Gasteiger charge is -2.37. The van der Waals surface area contributed by atoms with Crippen LogP contribution in [-0.4, -0.2) is 50.3 Å². The first-order valence-corrected chi connectivity index (χ1v) is 8.72. The van der Waals surface area contributed by atoms with Gasteiger partial charge in [0.05, 0.1) is 4.90 Å². The number of hydrogen-bond acceptors (Lipinski definition) is 4. The second-order valence-electron chi connectivity index (χ2n) is 5.93. The number of likely N-dealkylation sites (N-methyl/N-ethyl adjacent to an activating group) is 1. The molecule has 0 aromatic heterocycles. The van der Waals surface area contributed by atoms with Crippen LogP contribution in [0, 0.1) is 13.8 Å². The molecule has 0 spiro atoms. The summed E-state index contributed by atoms with van der Waals surface area (Å²) in [5.41, 5.74) is 8.33. The van der Waals surface area contributed by atoms with Crippen molar-refractivity contribution in [3.05, 3.63) is 28.8 Å². The van der Waals surface area contributed by atoms with Gasteiger partial charge in [-0.05, 0) is 50.6 Å². The lowest BCUT2D eigenvalue weighted by Crippen LogP contribution is -2.51. The Morgan fingerprint density at radius 1 is 1.29 bits per heavy atom. The molecule has 6 heteroatoms. The number of nitrogens with zero attached hydrogens (tertiary/aromatic N) is 2. The minimum Gasteiger partial charge on any atom is -0.326 e. The van der Waals surface area contributed by atoms with E-state index >= 15 is 0 Å². The van der Waals surface area contributed by atoms with Gasteiger partial charge in [-0.3, -0.25) is 0 Å². The first-order chi connectivity index (χ1) is 9.77. The fourth-order valence-electron chi connectivity index (χ4n) is 2.66. The molecule has 0 aliphatic carbocycles. The molecule has 1 unspecified atom stereocenters. The molecule has 1 saturated heterocycles. The second kappa shape index (κ2) is 6.04. The van der Waals surface area contributed by atoms with Gasteiger partial charge in [-0.2, -0.15) is 4.31 Å². The number of hydrogen-bond donors (Lipinski definition) is 1. The van der Waals surface area contributed by atoms with E-state index in [4.69, 9.17) is 5.73 Å². The number of aryl methyl sites for hydroxylation is 1. The predicted octanol–water partition coefficient (Wildman–Crippen LogP) is 1.09. The van der Waals surface area contributed by atoms with Gasteiger partial charge in [0.15, 0.2) is 0 Å². The van der Waals surface area contributed by atoms with Crippen molar-refractivity contribution in [2.45, 2.75) is 38.3 Å². The van der Waals surface area contributed by atoms with Crippen LogP contribution in [0.15, 0.2) is 17.0 Å². The van der Waals surface area contributed by atoms with Crippen molar-refractivity contribution in [2.75, 3.05) is 26.7 Å². The molecule has 21 heavy (non-hydrogen) atoms. The SMILES string of the molecule is Cc1cc(CN)cc(S(=O)(=O)N2CCN(C)C(C)C2)c1C. The van der Waals surface area contributed by atoms with Gasteiger partial charge in [0.2, 0.25) is 10.0 Å². The Morgan fingerprint density at radius 2 is 1.95 bits per heavy atom. The maximum absolute atomic E-state index is 12.9. The fraction of sp³-hybridized carbons (Fsp3) is 0.600. The zero-order valence-electron chi connectivity index (χ0n) is 13.3. The molecule has 0 bridgehead atoms. The molecule has 1 fully saturated rings. The van der Waals surface area contributed by atoms with Crippen LogP contribution in [0.3, 0.4) is 0 Å². The normalized spacial score (nSPS) is 21.7. The predicted molar refractivity (Wildman–Crippen MR) is 84.7 cm³/mol. The Kier molecular flexibility index (Phi) is 4.72. The van der Waals surface area contributed by atoms with E-state index in [2.05, 4.69) is 11.8 Å². The molecule has 2 N–H and O–H groups in total. The van der Waals surface area contributed by atoms with E-state index in [-0.39, 0.29) is 6.04 Å². The van der Waals surface area contributed by atoms with Gasteiger partial charge in [-0.25, -0.2) is 8.42 Å². The molecule has 1 aromatic rings. The van der Waals surface area contributed by atoms with Gasteiger partial charge >= 0.3 is 0 Å². The quantitative estimate of drug-likeness (QED) is 0.907. The minimum atomic E-state index is -3.45. The van der Waals surface area contributed by atoms with Crippen LogP contribution in [0.5, 0.6) is 0 Å². The smallest absolute Gasteiger partial charge is 0.243 e. The van der Waals surface area contributed by atoms with Crippen LogP contribution in [0.1, 0.15) is 23.6 Å². The molecule has 1 heterocycles. The van der Waals surface area contributed by atoms with Crippen molar-refractivity contribution in [1.82, 2.24) is 9.21 Å². The molecule has 5 nitrogen and oxygen atoms in total. The molecule has 1 atom stereocenters. The Hall–Kier alpha value is -0.950. The van der Waals surface area contributed by atoms with Gasteiger partial charge in [0.1, 0.15) is 0 Å². The summed E-state index contributed by atoms with van der Waals surface area (Å²) >= 11 is 0. The molecule has 1 aliphatic rings. The highest BCUT2D eigenvalue weighted by Crippen LogP contribution is 2.26. The molecular formula is C15H25N3O2S. The molecule has 1 aliphatic heterocycles. The van der Waals surface area contributed by atoms with E-state index < -0.39 is 10.0 Å². The molecule has 0 amide bonds. The van der Waals surface area contributed by atoms with Crippen LogP contribution in [0.4, 0.5) is 0 Å². The summed E-state index contributed by atoms with van der Waals surface area (Å²) < 4.78 is 27.5. The van der Waals surface area contributed by atoms with Crippen molar-refractivity contribution in [1.29, 1.82) is 0 Å². The topological polar surface area (TPSA) is 66.6 Å². The molecule has 0 radical (unpaired) electrons. The van der Waals surface area contributed by atoms with Gasteiger partial charge < -0.3 is 10.6 Å². The Morgan fingerprint density at radius 3 is 2.52 bits per heavy atom. The maximum Gasteiger partial charge on any atom is 0.243 e. The molecule has 0 saturated carbocycles. The van der Waals surface area contributed by atoms with E-state index in [1.165, 1.54) is 0 Å². The van der Waals surface area contributed by atoms with E-state index in [1.54, 1.807) is 10.4 Å². The monoisotopic (exact) mass is 311 g/mol. The van der Waals surface area contributed by atoms with Crippen LogP contribution in [-0.2, 0) is 16.6 Å². The molecular weight excluding hydrogens is 286 g/mol. The highest BCUT2D eigenvalue weighted by Gasteiger charge is 2.32. The van der Waals surface area contributed by atoms with E-state index in [9.17, 15) is 8.42 Å². The number of rotatable bonds is 3. The average Bonchev–Trinajstić information content (AvgIpc) is 2.44. The number of nitrogens with two attached hydrogens (primary N) is 1. The van der Waals surface area contributed by atoms with Gasteiger partial charge in [-0.15, -0.1) is 0 Å². The summed E-state index contributed by atoms with van der Waals surface area (Å²) in [4.78, 5) is 2.58. The lowest BCUT2D eigenvalue weighted by molar-refractivity contribution is 0.159. The minimum absolute atomic E-state index is 0.229. The highest BCUT2D eigenvalue weighted by atomic mass is 32.2. The average molecular weight is 311 g/mol.